The van der Waals surface area contributed by atoms with Crippen molar-refractivity contribution in [2.24, 2.45) is 0 Å². The van der Waals surface area contributed by atoms with E-state index in [1.165, 1.54) is 30.2 Å². The van der Waals surface area contributed by atoms with E-state index in [2.05, 4.69) is 4.90 Å². The molecule has 3 heterocycles. The predicted octanol–water partition coefficient (Wildman–Crippen LogP) is 7.28. The summed E-state index contributed by atoms with van der Waals surface area (Å²) < 4.78 is 68.3. The number of hydrogen-bond acceptors (Lipinski definition) is 6. The molecule has 238 valence electrons. The van der Waals surface area contributed by atoms with Crippen molar-refractivity contribution >= 4 is 17.9 Å². The number of aromatic nitrogens is 1. The maximum absolute atomic E-state index is 15.5. The number of pyridine rings is 1. The Balaban J connectivity index is 1.43. The van der Waals surface area contributed by atoms with Crippen molar-refractivity contribution in [2.75, 3.05) is 25.1 Å². The summed E-state index contributed by atoms with van der Waals surface area (Å²) in [6.07, 6.45) is -0.843. The summed E-state index contributed by atoms with van der Waals surface area (Å²) in [5.41, 5.74) is 2.71. The van der Waals surface area contributed by atoms with E-state index in [9.17, 15) is 27.9 Å². The van der Waals surface area contributed by atoms with Crippen LogP contribution in [0.2, 0.25) is 0 Å². The van der Waals surface area contributed by atoms with E-state index < -0.39 is 47.5 Å². The number of nitrogens with zero attached hydrogens (tertiary/aromatic N) is 3. The Morgan fingerprint density at radius 1 is 0.957 bits per heavy atom. The lowest BCUT2D eigenvalue weighted by Crippen LogP contribution is -2.38. The highest BCUT2D eigenvalue weighted by molar-refractivity contribution is 5.89. The van der Waals surface area contributed by atoms with E-state index in [1.54, 1.807) is 26.0 Å². The number of amides is 1. The van der Waals surface area contributed by atoms with Crippen LogP contribution >= 0.6 is 0 Å². The predicted molar refractivity (Wildman–Crippen MR) is 161 cm³/mol. The van der Waals surface area contributed by atoms with Gasteiger partial charge in [-0.05, 0) is 73.9 Å². The van der Waals surface area contributed by atoms with Crippen molar-refractivity contribution in [3.63, 3.8) is 0 Å². The Kier molecular flexibility index (Phi) is 8.05. The standard InChI is InChI=1S/C34H29F4N3O5/c1-17-11-19(33(42)43)5-6-21(17)23-14-24(29(45-3)15-25(23)35)22-7-8-30(40-9-4-10-40)39-28(22)16-41-18(2)32(46-34(41)44)20-12-26(36)31(38)27(37)13-20/h5-8,11-15,18,32H,4,9-10,16H2,1-3H3,(H,42,43)/t18-,32-/m0/s1. The molecule has 2 fully saturated rings. The summed E-state index contributed by atoms with van der Waals surface area (Å²) >= 11 is 0. The average molecular weight is 636 g/mol. The smallest absolute Gasteiger partial charge is 0.411 e. The van der Waals surface area contributed by atoms with Gasteiger partial charge in [0.05, 0.1) is 31.0 Å². The van der Waals surface area contributed by atoms with E-state index in [-0.39, 0.29) is 29.0 Å². The van der Waals surface area contributed by atoms with Gasteiger partial charge in [0.2, 0.25) is 0 Å². The molecule has 0 unspecified atom stereocenters. The fourth-order valence-corrected chi connectivity index (χ4v) is 5.88. The number of carbonyl (C=O) groups is 2. The first-order valence-corrected chi connectivity index (χ1v) is 14.6. The zero-order chi connectivity index (χ0) is 32.9. The van der Waals surface area contributed by atoms with Gasteiger partial charge in [-0.2, -0.15) is 0 Å². The number of aromatic carboxylic acids is 1. The quantitative estimate of drug-likeness (QED) is 0.161. The van der Waals surface area contributed by atoms with Gasteiger partial charge < -0.3 is 19.5 Å². The molecule has 0 bridgehead atoms. The summed E-state index contributed by atoms with van der Waals surface area (Å²) in [7, 11) is 1.40. The van der Waals surface area contributed by atoms with Crippen LogP contribution in [-0.4, -0.2) is 53.3 Å². The Labute approximate surface area is 261 Å². The number of cyclic esters (lactones) is 1. The van der Waals surface area contributed by atoms with E-state index >= 15 is 4.39 Å². The number of anilines is 1. The minimum Gasteiger partial charge on any atom is -0.496 e. The maximum atomic E-state index is 15.5. The molecule has 0 aliphatic carbocycles. The second-order valence-electron chi connectivity index (χ2n) is 11.3. The number of ether oxygens (including phenoxy) is 2. The fraction of sp³-hybridized carbons (Fsp3) is 0.265. The number of rotatable bonds is 8. The first-order valence-electron chi connectivity index (χ1n) is 14.6. The van der Waals surface area contributed by atoms with Crippen LogP contribution in [0, 0.1) is 30.2 Å². The molecule has 2 saturated heterocycles. The lowest BCUT2D eigenvalue weighted by Gasteiger charge is -2.33. The number of carboxylic acid groups (broad SMARTS) is 1. The molecule has 8 nitrogen and oxygen atoms in total. The Hall–Kier alpha value is -5.13. The Morgan fingerprint density at radius 2 is 1.65 bits per heavy atom. The van der Waals surface area contributed by atoms with Crippen molar-refractivity contribution in [1.29, 1.82) is 0 Å². The number of benzene rings is 3. The molecule has 2 atom stereocenters. The zero-order valence-electron chi connectivity index (χ0n) is 25.1. The van der Waals surface area contributed by atoms with Crippen LogP contribution in [0.5, 0.6) is 5.75 Å². The first-order chi connectivity index (χ1) is 22.0. The number of hydrogen-bond donors (Lipinski definition) is 1. The van der Waals surface area contributed by atoms with Gasteiger partial charge in [0.25, 0.3) is 0 Å². The van der Waals surface area contributed by atoms with Crippen LogP contribution < -0.4 is 9.64 Å². The average Bonchev–Trinajstić information content (AvgIpc) is 3.27. The lowest BCUT2D eigenvalue weighted by molar-refractivity contribution is 0.0696. The van der Waals surface area contributed by atoms with Crippen molar-refractivity contribution < 1.29 is 41.7 Å². The van der Waals surface area contributed by atoms with Gasteiger partial charge in [0.1, 0.15) is 23.5 Å². The Bertz CT molecular complexity index is 1860. The van der Waals surface area contributed by atoms with Gasteiger partial charge in [-0.25, -0.2) is 32.1 Å². The van der Waals surface area contributed by atoms with Crippen LogP contribution in [0.3, 0.4) is 0 Å². The maximum Gasteiger partial charge on any atom is 0.411 e. The van der Waals surface area contributed by atoms with Gasteiger partial charge in [0, 0.05) is 41.4 Å². The van der Waals surface area contributed by atoms with Gasteiger partial charge in [-0.1, -0.05) is 6.07 Å². The molecule has 2 aliphatic heterocycles. The monoisotopic (exact) mass is 635 g/mol. The summed E-state index contributed by atoms with van der Waals surface area (Å²) in [5, 5.41) is 9.38. The summed E-state index contributed by atoms with van der Waals surface area (Å²) in [5.74, 6) is -5.22. The van der Waals surface area contributed by atoms with Crippen LogP contribution in [0.4, 0.5) is 28.2 Å². The van der Waals surface area contributed by atoms with Gasteiger partial charge >= 0.3 is 12.1 Å². The van der Waals surface area contributed by atoms with E-state index in [4.69, 9.17) is 14.5 Å². The molecule has 0 radical (unpaired) electrons. The second kappa shape index (κ2) is 12.0. The largest absolute Gasteiger partial charge is 0.496 e. The highest BCUT2D eigenvalue weighted by Gasteiger charge is 2.41. The fourth-order valence-electron chi connectivity index (χ4n) is 5.88. The second-order valence-corrected chi connectivity index (χ2v) is 11.3. The third kappa shape index (κ3) is 5.48. The van der Waals surface area contributed by atoms with E-state index in [0.29, 0.717) is 33.8 Å². The zero-order valence-corrected chi connectivity index (χ0v) is 25.1. The molecular weight excluding hydrogens is 606 g/mol. The van der Waals surface area contributed by atoms with Gasteiger partial charge in [-0.3, -0.25) is 4.90 Å². The molecule has 12 heteroatoms. The molecule has 6 rings (SSSR count). The molecule has 1 amide bonds. The minimum absolute atomic E-state index is 0.0311. The van der Waals surface area contributed by atoms with Crippen molar-refractivity contribution in [2.45, 2.75) is 39.0 Å². The van der Waals surface area contributed by atoms with Gasteiger partial charge in [0.15, 0.2) is 17.5 Å². The SMILES string of the molecule is COc1cc(F)c(-c2ccc(C(=O)O)cc2C)cc1-c1ccc(N2CCC2)nc1CN1C(=O)O[C@H](c2cc(F)c(F)c(F)c2)[C@@H]1C. The molecule has 2 aliphatic rings. The number of carboxylic acids is 1. The summed E-state index contributed by atoms with van der Waals surface area (Å²) in [4.78, 5) is 32.9. The number of carbonyl (C=O) groups excluding carboxylic acids is 1. The first kappa shape index (κ1) is 30.9. The van der Waals surface area contributed by atoms with Crippen molar-refractivity contribution in [1.82, 2.24) is 9.88 Å². The molecule has 1 aromatic heterocycles. The summed E-state index contributed by atoms with van der Waals surface area (Å²) in [6, 6.07) is 11.8. The molecule has 3 aromatic carbocycles. The van der Waals surface area contributed by atoms with E-state index in [1.807, 2.05) is 12.1 Å². The van der Waals surface area contributed by atoms with Crippen molar-refractivity contribution in [3.8, 4) is 28.0 Å². The molecule has 4 aromatic rings. The van der Waals surface area contributed by atoms with Crippen LogP contribution in [0.1, 0.15) is 46.6 Å². The van der Waals surface area contributed by atoms with Crippen LogP contribution in [0.25, 0.3) is 22.3 Å². The highest BCUT2D eigenvalue weighted by Crippen LogP contribution is 2.41. The third-order valence-corrected chi connectivity index (χ3v) is 8.53. The number of halogens is 4. The Morgan fingerprint density at radius 3 is 2.26 bits per heavy atom. The third-order valence-electron chi connectivity index (χ3n) is 8.53. The van der Waals surface area contributed by atoms with E-state index in [0.717, 1.165) is 31.6 Å². The molecular formula is C34H29F4N3O5. The van der Waals surface area contributed by atoms with Gasteiger partial charge in [-0.15, -0.1) is 0 Å². The van der Waals surface area contributed by atoms with Crippen LogP contribution in [-0.2, 0) is 11.3 Å². The van der Waals surface area contributed by atoms with Crippen LogP contribution in [0.15, 0.2) is 54.6 Å². The lowest BCUT2D eigenvalue weighted by atomic mass is 9.93. The van der Waals surface area contributed by atoms with Crippen molar-refractivity contribution in [3.05, 3.63) is 100 Å². The minimum atomic E-state index is -1.62. The molecule has 0 saturated carbocycles. The normalized spacial score (nSPS) is 17.6. The highest BCUT2D eigenvalue weighted by atomic mass is 19.2. The summed E-state index contributed by atoms with van der Waals surface area (Å²) in [6.45, 7) is 4.85. The number of aryl methyl sites for hydroxylation is 1. The molecule has 46 heavy (non-hydrogen) atoms. The molecule has 0 spiro atoms. The number of methoxy groups -OCH3 is 1. The topological polar surface area (TPSA) is 92.2 Å². The molecule has 1 N–H and O–H groups in total.